The highest BCUT2D eigenvalue weighted by Crippen LogP contribution is 2.21. The number of carboxylic acids is 1. The number of halogens is 1. The van der Waals surface area contributed by atoms with Crippen molar-refractivity contribution in [3.8, 4) is 0 Å². The van der Waals surface area contributed by atoms with Crippen LogP contribution in [-0.2, 0) is 4.79 Å². The first-order valence-corrected chi connectivity index (χ1v) is 7.12. The maximum atomic E-state index is 11.2. The van der Waals surface area contributed by atoms with Gasteiger partial charge in [-0.3, -0.25) is 10.1 Å². The van der Waals surface area contributed by atoms with Gasteiger partial charge in [0.05, 0.1) is 0 Å². The third kappa shape index (κ3) is 4.42. The van der Waals surface area contributed by atoms with E-state index >= 15 is 0 Å². The van der Waals surface area contributed by atoms with Crippen LogP contribution in [0.3, 0.4) is 0 Å². The molecule has 0 aliphatic heterocycles. The van der Waals surface area contributed by atoms with E-state index in [2.05, 4.69) is 28.2 Å². The highest BCUT2D eigenvalue weighted by atomic mass is 79.9. The van der Waals surface area contributed by atoms with Gasteiger partial charge in [0.1, 0.15) is 6.04 Å². The highest BCUT2D eigenvalue weighted by molar-refractivity contribution is 9.10. The molecule has 3 nitrogen and oxygen atoms in total. The summed E-state index contributed by atoms with van der Waals surface area (Å²) < 4.78 is 1.02. The Labute approximate surface area is 117 Å². The van der Waals surface area contributed by atoms with Gasteiger partial charge in [-0.2, -0.15) is 0 Å². The highest BCUT2D eigenvalue weighted by Gasteiger charge is 2.20. The Balaban J connectivity index is 2.80. The van der Waals surface area contributed by atoms with Gasteiger partial charge in [-0.25, -0.2) is 0 Å². The van der Waals surface area contributed by atoms with Gasteiger partial charge in [-0.15, -0.1) is 0 Å². The lowest BCUT2D eigenvalue weighted by molar-refractivity contribution is -0.139. The Morgan fingerprint density at radius 2 is 2.17 bits per heavy atom. The van der Waals surface area contributed by atoms with Gasteiger partial charge in [-0.05, 0) is 30.5 Å². The summed E-state index contributed by atoms with van der Waals surface area (Å²) in [5, 5.41) is 12.4. The van der Waals surface area contributed by atoms with Crippen molar-refractivity contribution in [2.24, 2.45) is 0 Å². The number of nitrogens with one attached hydrogen (secondary N) is 1. The van der Waals surface area contributed by atoms with Crippen LogP contribution in [0.2, 0.25) is 0 Å². The van der Waals surface area contributed by atoms with Crippen molar-refractivity contribution in [1.82, 2.24) is 5.32 Å². The molecular formula is C14H20BrNO2. The summed E-state index contributed by atoms with van der Waals surface area (Å²) in [5.74, 6) is -0.773. The van der Waals surface area contributed by atoms with E-state index in [1.165, 1.54) is 0 Å². The second-order valence-corrected chi connectivity index (χ2v) is 5.28. The summed E-state index contributed by atoms with van der Waals surface area (Å²) in [6.07, 6.45) is 2.38. The van der Waals surface area contributed by atoms with E-state index in [0.717, 1.165) is 22.9 Å². The van der Waals surface area contributed by atoms with E-state index in [-0.39, 0.29) is 6.04 Å². The number of carbonyl (C=O) groups is 1. The van der Waals surface area contributed by atoms with E-state index in [9.17, 15) is 9.90 Å². The third-order valence-electron chi connectivity index (χ3n) is 2.94. The summed E-state index contributed by atoms with van der Waals surface area (Å²) in [6, 6.07) is 7.60. The van der Waals surface area contributed by atoms with Crippen molar-refractivity contribution in [3.63, 3.8) is 0 Å². The molecule has 0 aromatic heterocycles. The molecule has 1 aromatic carbocycles. The molecule has 0 spiro atoms. The molecule has 0 bridgehead atoms. The topological polar surface area (TPSA) is 49.3 Å². The molecule has 0 amide bonds. The smallest absolute Gasteiger partial charge is 0.320 e. The molecule has 0 aliphatic rings. The van der Waals surface area contributed by atoms with Gasteiger partial charge >= 0.3 is 5.97 Å². The fraction of sp³-hybridized carbons (Fsp3) is 0.500. The standard InChI is InChI=1S/C14H20BrNO2/c1-3-6-13(14(17)18)16-12(4-2)10-7-5-8-11(15)9-10/h5,7-9,12-13,16H,3-4,6H2,1-2H3,(H,17,18). The molecule has 2 N–H and O–H groups in total. The lowest BCUT2D eigenvalue weighted by atomic mass is 10.0. The Morgan fingerprint density at radius 3 is 2.67 bits per heavy atom. The van der Waals surface area contributed by atoms with Gasteiger partial charge in [0.25, 0.3) is 0 Å². The van der Waals surface area contributed by atoms with Crippen LogP contribution < -0.4 is 5.32 Å². The van der Waals surface area contributed by atoms with Crippen molar-refractivity contribution >= 4 is 21.9 Å². The molecule has 1 aromatic rings. The fourth-order valence-electron chi connectivity index (χ4n) is 1.98. The van der Waals surface area contributed by atoms with Crippen molar-refractivity contribution in [1.29, 1.82) is 0 Å². The first-order valence-electron chi connectivity index (χ1n) is 6.32. The summed E-state index contributed by atoms with van der Waals surface area (Å²) in [7, 11) is 0. The molecule has 0 saturated heterocycles. The van der Waals surface area contributed by atoms with E-state index in [1.54, 1.807) is 0 Å². The van der Waals surface area contributed by atoms with Crippen molar-refractivity contribution in [2.45, 2.75) is 45.2 Å². The minimum Gasteiger partial charge on any atom is -0.480 e. The summed E-state index contributed by atoms with van der Waals surface area (Å²) in [6.45, 7) is 4.06. The molecule has 0 aliphatic carbocycles. The van der Waals surface area contributed by atoms with E-state index in [4.69, 9.17) is 0 Å². The first kappa shape index (κ1) is 15.2. The quantitative estimate of drug-likeness (QED) is 0.806. The molecular weight excluding hydrogens is 294 g/mol. The molecule has 4 heteroatoms. The van der Waals surface area contributed by atoms with Crippen molar-refractivity contribution < 1.29 is 9.90 Å². The predicted octanol–water partition coefficient (Wildman–Crippen LogP) is 3.74. The Hall–Kier alpha value is -0.870. The SMILES string of the molecule is CCCC(NC(CC)c1cccc(Br)c1)C(=O)O. The zero-order chi connectivity index (χ0) is 13.5. The lowest BCUT2D eigenvalue weighted by Crippen LogP contribution is -2.38. The molecule has 100 valence electrons. The fourth-order valence-corrected chi connectivity index (χ4v) is 2.40. The molecule has 0 radical (unpaired) electrons. The van der Waals surface area contributed by atoms with Gasteiger partial charge in [0, 0.05) is 10.5 Å². The molecule has 2 unspecified atom stereocenters. The van der Waals surface area contributed by atoms with E-state index in [0.29, 0.717) is 6.42 Å². The van der Waals surface area contributed by atoms with Gasteiger partial charge in [0.15, 0.2) is 0 Å². The maximum absolute atomic E-state index is 11.2. The van der Waals surface area contributed by atoms with Crippen LogP contribution in [0.4, 0.5) is 0 Å². The Bertz CT molecular complexity index is 395. The number of rotatable bonds is 7. The average molecular weight is 314 g/mol. The number of benzene rings is 1. The van der Waals surface area contributed by atoms with Crippen molar-refractivity contribution in [2.75, 3.05) is 0 Å². The second-order valence-electron chi connectivity index (χ2n) is 4.36. The van der Waals surface area contributed by atoms with Gasteiger partial charge in [0.2, 0.25) is 0 Å². The van der Waals surface area contributed by atoms with Crippen LogP contribution in [0.5, 0.6) is 0 Å². The number of carboxylic acid groups (broad SMARTS) is 1. The zero-order valence-corrected chi connectivity index (χ0v) is 12.4. The van der Waals surface area contributed by atoms with E-state index < -0.39 is 12.0 Å². The van der Waals surface area contributed by atoms with Crippen molar-refractivity contribution in [3.05, 3.63) is 34.3 Å². The average Bonchev–Trinajstić information content (AvgIpc) is 2.34. The predicted molar refractivity (Wildman–Crippen MR) is 76.6 cm³/mol. The second kappa shape index (κ2) is 7.54. The molecule has 0 heterocycles. The van der Waals surface area contributed by atoms with Gasteiger partial charge < -0.3 is 5.11 Å². The van der Waals surface area contributed by atoms with Crippen LogP contribution in [-0.4, -0.2) is 17.1 Å². The molecule has 0 saturated carbocycles. The number of aliphatic carboxylic acids is 1. The van der Waals surface area contributed by atoms with Crippen LogP contribution in [0.25, 0.3) is 0 Å². The third-order valence-corrected chi connectivity index (χ3v) is 3.43. The minimum absolute atomic E-state index is 0.0788. The number of hydrogen-bond acceptors (Lipinski definition) is 2. The zero-order valence-electron chi connectivity index (χ0n) is 10.8. The molecule has 2 atom stereocenters. The summed E-state index contributed by atoms with van der Waals surface area (Å²) in [4.78, 5) is 11.2. The van der Waals surface area contributed by atoms with Crippen LogP contribution in [0.15, 0.2) is 28.7 Å². The Kier molecular flexibility index (Phi) is 6.36. The normalized spacial score (nSPS) is 14.2. The monoisotopic (exact) mass is 313 g/mol. The lowest BCUT2D eigenvalue weighted by Gasteiger charge is -2.22. The first-order chi connectivity index (χ1) is 8.58. The largest absolute Gasteiger partial charge is 0.480 e. The van der Waals surface area contributed by atoms with Crippen LogP contribution in [0, 0.1) is 0 Å². The van der Waals surface area contributed by atoms with E-state index in [1.807, 2.05) is 31.2 Å². The molecule has 1 rings (SSSR count). The summed E-state index contributed by atoms with van der Waals surface area (Å²) in [5.41, 5.74) is 1.12. The Morgan fingerprint density at radius 1 is 1.44 bits per heavy atom. The van der Waals surface area contributed by atoms with Gasteiger partial charge in [-0.1, -0.05) is 48.3 Å². The van der Waals surface area contributed by atoms with Crippen LogP contribution >= 0.6 is 15.9 Å². The maximum Gasteiger partial charge on any atom is 0.320 e. The molecule has 0 fully saturated rings. The molecule has 18 heavy (non-hydrogen) atoms. The summed E-state index contributed by atoms with van der Waals surface area (Å²) >= 11 is 3.44. The van der Waals surface area contributed by atoms with Crippen LogP contribution in [0.1, 0.15) is 44.7 Å². The minimum atomic E-state index is -0.773. The number of hydrogen-bond donors (Lipinski definition) is 2.